The standard InChI is InChI=1S/C16H23BrN4O2S/c1-4-6-15-19-20-16(24)21(15)18-10-11-8-13(22-3)14(9-12(11)17)23-7-5-2/h8-9,18H,4-7,10H2,1-3H3,(H,20,24). The number of H-pyrrole nitrogens is 1. The predicted octanol–water partition coefficient (Wildman–Crippen LogP) is 4.20. The minimum Gasteiger partial charge on any atom is -0.493 e. The topological polar surface area (TPSA) is 64.1 Å². The third-order valence-electron chi connectivity index (χ3n) is 3.44. The van der Waals surface area contributed by atoms with Crippen molar-refractivity contribution in [2.45, 2.75) is 39.7 Å². The number of aromatic nitrogens is 3. The molecule has 0 aliphatic carbocycles. The highest BCUT2D eigenvalue weighted by Crippen LogP contribution is 2.33. The summed E-state index contributed by atoms with van der Waals surface area (Å²) in [4.78, 5) is 0. The Morgan fingerprint density at radius 1 is 1.29 bits per heavy atom. The lowest BCUT2D eigenvalue weighted by atomic mass is 10.2. The Morgan fingerprint density at radius 3 is 2.75 bits per heavy atom. The molecule has 1 aromatic heterocycles. The van der Waals surface area contributed by atoms with Gasteiger partial charge in [0.05, 0.1) is 20.3 Å². The van der Waals surface area contributed by atoms with E-state index < -0.39 is 0 Å². The lowest BCUT2D eigenvalue weighted by molar-refractivity contribution is 0.294. The molecule has 24 heavy (non-hydrogen) atoms. The number of hydrogen-bond donors (Lipinski definition) is 2. The predicted molar refractivity (Wildman–Crippen MR) is 101 cm³/mol. The SMILES string of the molecule is CCCOc1cc(Br)c(CNn2c(CCC)n[nH]c2=S)cc1OC. The fraction of sp³-hybridized carbons (Fsp3) is 0.500. The summed E-state index contributed by atoms with van der Waals surface area (Å²) in [6, 6.07) is 3.90. The number of nitrogens with one attached hydrogen (secondary N) is 2. The van der Waals surface area contributed by atoms with Crippen LogP contribution in [-0.4, -0.2) is 28.6 Å². The van der Waals surface area contributed by atoms with Gasteiger partial charge in [-0.15, -0.1) is 0 Å². The molecular formula is C16H23BrN4O2S. The number of benzene rings is 1. The summed E-state index contributed by atoms with van der Waals surface area (Å²) in [6.07, 6.45) is 2.81. The Bertz CT molecular complexity index is 729. The van der Waals surface area contributed by atoms with Gasteiger partial charge < -0.3 is 14.9 Å². The van der Waals surface area contributed by atoms with E-state index >= 15 is 0 Å². The molecule has 8 heteroatoms. The second-order valence-electron chi connectivity index (χ2n) is 5.31. The molecule has 0 saturated carbocycles. The first-order valence-electron chi connectivity index (χ1n) is 8.00. The molecule has 0 aliphatic rings. The first-order chi connectivity index (χ1) is 11.6. The van der Waals surface area contributed by atoms with Crippen molar-refractivity contribution in [1.82, 2.24) is 14.9 Å². The van der Waals surface area contributed by atoms with E-state index in [1.165, 1.54) is 0 Å². The first kappa shape index (κ1) is 18.8. The van der Waals surface area contributed by atoms with Gasteiger partial charge in [0.15, 0.2) is 17.3 Å². The highest BCUT2D eigenvalue weighted by atomic mass is 79.9. The van der Waals surface area contributed by atoms with Crippen LogP contribution in [0.2, 0.25) is 0 Å². The zero-order valence-electron chi connectivity index (χ0n) is 14.2. The summed E-state index contributed by atoms with van der Waals surface area (Å²) in [5, 5.41) is 7.07. The van der Waals surface area contributed by atoms with Crippen LogP contribution in [-0.2, 0) is 13.0 Å². The molecule has 0 fully saturated rings. The van der Waals surface area contributed by atoms with Gasteiger partial charge in [-0.2, -0.15) is 5.10 Å². The van der Waals surface area contributed by atoms with Crippen LogP contribution in [0, 0.1) is 4.77 Å². The monoisotopic (exact) mass is 414 g/mol. The lowest BCUT2D eigenvalue weighted by Gasteiger charge is -2.15. The minimum atomic E-state index is 0.560. The van der Waals surface area contributed by atoms with Crippen molar-refractivity contribution >= 4 is 28.1 Å². The van der Waals surface area contributed by atoms with E-state index in [0.29, 0.717) is 23.7 Å². The highest BCUT2D eigenvalue weighted by molar-refractivity contribution is 9.10. The molecule has 0 radical (unpaired) electrons. The average Bonchev–Trinajstić information content (AvgIpc) is 2.92. The summed E-state index contributed by atoms with van der Waals surface area (Å²) in [5.74, 6) is 2.35. The number of ether oxygens (including phenoxy) is 2. The second-order valence-corrected chi connectivity index (χ2v) is 6.55. The molecule has 6 nitrogen and oxygen atoms in total. The maximum absolute atomic E-state index is 5.72. The van der Waals surface area contributed by atoms with Crippen molar-refractivity contribution in [1.29, 1.82) is 0 Å². The van der Waals surface area contributed by atoms with Crippen LogP contribution < -0.4 is 14.9 Å². The van der Waals surface area contributed by atoms with Gasteiger partial charge in [-0.25, -0.2) is 4.68 Å². The van der Waals surface area contributed by atoms with Crippen molar-refractivity contribution in [3.63, 3.8) is 0 Å². The van der Waals surface area contributed by atoms with E-state index in [4.69, 9.17) is 21.7 Å². The van der Waals surface area contributed by atoms with E-state index in [9.17, 15) is 0 Å². The quantitative estimate of drug-likeness (QED) is 0.601. The highest BCUT2D eigenvalue weighted by Gasteiger charge is 2.11. The molecule has 0 spiro atoms. The average molecular weight is 415 g/mol. The Hall–Kier alpha value is -1.54. The third-order valence-corrected chi connectivity index (χ3v) is 4.45. The summed E-state index contributed by atoms with van der Waals surface area (Å²) >= 11 is 8.88. The van der Waals surface area contributed by atoms with Crippen LogP contribution in [0.15, 0.2) is 16.6 Å². The van der Waals surface area contributed by atoms with Crippen LogP contribution in [0.4, 0.5) is 0 Å². The molecule has 2 N–H and O–H groups in total. The van der Waals surface area contributed by atoms with Gasteiger partial charge in [-0.1, -0.05) is 29.8 Å². The Morgan fingerprint density at radius 2 is 2.08 bits per heavy atom. The van der Waals surface area contributed by atoms with Crippen molar-refractivity contribution < 1.29 is 9.47 Å². The summed E-state index contributed by atoms with van der Waals surface area (Å²) in [7, 11) is 1.64. The van der Waals surface area contributed by atoms with Crippen LogP contribution >= 0.6 is 28.1 Å². The van der Waals surface area contributed by atoms with Gasteiger partial charge in [0, 0.05) is 10.9 Å². The smallest absolute Gasteiger partial charge is 0.214 e. The second kappa shape index (κ2) is 9.08. The number of methoxy groups -OCH3 is 1. The zero-order chi connectivity index (χ0) is 17.5. The minimum absolute atomic E-state index is 0.560. The van der Waals surface area contributed by atoms with Crippen molar-refractivity contribution in [2.24, 2.45) is 0 Å². The number of nitrogens with zero attached hydrogens (tertiary/aromatic N) is 2. The molecular weight excluding hydrogens is 392 g/mol. The summed E-state index contributed by atoms with van der Waals surface area (Å²) in [5.41, 5.74) is 4.35. The van der Waals surface area contributed by atoms with Crippen LogP contribution in [0.3, 0.4) is 0 Å². The molecule has 2 rings (SSSR count). The van der Waals surface area contributed by atoms with E-state index in [2.05, 4.69) is 45.4 Å². The number of hydrogen-bond acceptors (Lipinski definition) is 5. The van der Waals surface area contributed by atoms with E-state index in [1.54, 1.807) is 7.11 Å². The van der Waals surface area contributed by atoms with Crippen molar-refractivity contribution in [3.05, 3.63) is 32.8 Å². The lowest BCUT2D eigenvalue weighted by Crippen LogP contribution is -2.18. The van der Waals surface area contributed by atoms with E-state index in [1.807, 2.05) is 16.8 Å². The summed E-state index contributed by atoms with van der Waals surface area (Å²) < 4.78 is 14.5. The van der Waals surface area contributed by atoms with E-state index in [-0.39, 0.29) is 0 Å². The largest absolute Gasteiger partial charge is 0.493 e. The normalized spacial score (nSPS) is 10.7. The molecule has 0 aliphatic heterocycles. The van der Waals surface area contributed by atoms with Gasteiger partial charge in [-0.3, -0.25) is 5.10 Å². The zero-order valence-corrected chi connectivity index (χ0v) is 16.6. The molecule has 1 heterocycles. The molecule has 1 aromatic carbocycles. The molecule has 0 saturated heterocycles. The number of aromatic amines is 1. The van der Waals surface area contributed by atoms with Gasteiger partial charge in [0.2, 0.25) is 4.77 Å². The maximum atomic E-state index is 5.72. The molecule has 0 amide bonds. The van der Waals surface area contributed by atoms with Gasteiger partial charge in [0.25, 0.3) is 0 Å². The Labute approximate surface area is 155 Å². The third kappa shape index (κ3) is 4.51. The maximum Gasteiger partial charge on any atom is 0.214 e. The van der Waals surface area contributed by atoms with Gasteiger partial charge in [0.1, 0.15) is 0 Å². The molecule has 0 bridgehead atoms. The number of rotatable bonds is 9. The van der Waals surface area contributed by atoms with Crippen LogP contribution in [0.25, 0.3) is 0 Å². The first-order valence-corrected chi connectivity index (χ1v) is 9.20. The fourth-order valence-electron chi connectivity index (χ4n) is 2.25. The van der Waals surface area contributed by atoms with Crippen molar-refractivity contribution in [2.75, 3.05) is 19.1 Å². The molecule has 0 atom stereocenters. The van der Waals surface area contributed by atoms with E-state index in [0.717, 1.165) is 40.9 Å². The number of halogens is 1. The number of aryl methyl sites for hydroxylation is 1. The molecule has 2 aromatic rings. The van der Waals surface area contributed by atoms with Gasteiger partial charge >= 0.3 is 0 Å². The Balaban J connectivity index is 2.18. The van der Waals surface area contributed by atoms with Crippen LogP contribution in [0.5, 0.6) is 11.5 Å². The molecule has 132 valence electrons. The fourth-order valence-corrected chi connectivity index (χ4v) is 2.92. The van der Waals surface area contributed by atoms with Crippen LogP contribution in [0.1, 0.15) is 38.1 Å². The van der Waals surface area contributed by atoms with Crippen molar-refractivity contribution in [3.8, 4) is 11.5 Å². The Kier molecular flexibility index (Phi) is 7.11. The van der Waals surface area contributed by atoms with Gasteiger partial charge in [-0.05, 0) is 42.8 Å². The summed E-state index contributed by atoms with van der Waals surface area (Å²) in [6.45, 7) is 5.42. The molecule has 0 unspecified atom stereocenters.